The minimum atomic E-state index is -0.360. The maximum Gasteiger partial charge on any atom is 0.328 e. The van der Waals surface area contributed by atoms with E-state index in [0.717, 1.165) is 21.1 Å². The zero-order valence-corrected chi connectivity index (χ0v) is 11.9. The standard InChI is InChI=1S/C13H12BrN3O2/c1-16-6-4-8-9(14)2-3-10(12(8)16)17-7-5-11(18)15-13(17)19/h2-4,6H,5,7H2,1H3,(H,15,18,19). The number of imide groups is 1. The van der Waals surface area contributed by atoms with Crippen molar-refractivity contribution < 1.29 is 9.59 Å². The van der Waals surface area contributed by atoms with Crippen molar-refractivity contribution in [1.82, 2.24) is 9.88 Å². The highest BCUT2D eigenvalue weighted by molar-refractivity contribution is 9.10. The Hall–Kier alpha value is -1.82. The molecule has 1 aliphatic heterocycles. The number of urea groups is 1. The number of benzene rings is 1. The smallest absolute Gasteiger partial charge is 0.328 e. The van der Waals surface area contributed by atoms with Gasteiger partial charge in [0.05, 0.1) is 11.2 Å². The van der Waals surface area contributed by atoms with Crippen LogP contribution in [0.15, 0.2) is 28.9 Å². The van der Waals surface area contributed by atoms with E-state index in [0.29, 0.717) is 13.0 Å². The van der Waals surface area contributed by atoms with Crippen molar-refractivity contribution in [1.29, 1.82) is 0 Å². The van der Waals surface area contributed by atoms with Crippen molar-refractivity contribution in [3.8, 4) is 0 Å². The Labute approximate surface area is 118 Å². The van der Waals surface area contributed by atoms with Gasteiger partial charge in [-0.1, -0.05) is 15.9 Å². The monoisotopic (exact) mass is 321 g/mol. The molecule has 0 atom stereocenters. The Morgan fingerprint density at radius 3 is 2.79 bits per heavy atom. The first kappa shape index (κ1) is 12.2. The Kier molecular flexibility index (Phi) is 2.82. The SMILES string of the molecule is Cn1ccc2c(Br)ccc(N3CCC(=O)NC3=O)c21. The maximum atomic E-state index is 11.9. The zero-order valence-electron chi connectivity index (χ0n) is 10.3. The second kappa shape index (κ2) is 4.38. The van der Waals surface area contributed by atoms with Gasteiger partial charge in [-0.25, -0.2) is 4.79 Å². The van der Waals surface area contributed by atoms with Gasteiger partial charge in [-0.3, -0.25) is 15.0 Å². The number of hydrogen-bond acceptors (Lipinski definition) is 2. The van der Waals surface area contributed by atoms with Gasteiger partial charge in [0, 0.05) is 36.1 Å². The molecule has 0 aliphatic carbocycles. The highest BCUT2D eigenvalue weighted by Crippen LogP contribution is 2.33. The Morgan fingerprint density at radius 2 is 2.05 bits per heavy atom. The van der Waals surface area contributed by atoms with Crippen LogP contribution in [0.4, 0.5) is 10.5 Å². The molecule has 0 spiro atoms. The molecular formula is C13H12BrN3O2. The summed E-state index contributed by atoms with van der Waals surface area (Å²) in [4.78, 5) is 24.8. The van der Waals surface area contributed by atoms with Gasteiger partial charge in [-0.2, -0.15) is 0 Å². The summed E-state index contributed by atoms with van der Waals surface area (Å²) in [6, 6.07) is 5.44. The molecule has 3 amide bonds. The predicted octanol–water partition coefficient (Wildman–Crippen LogP) is 2.39. The lowest BCUT2D eigenvalue weighted by atomic mass is 10.2. The lowest BCUT2D eigenvalue weighted by molar-refractivity contribution is -0.120. The molecule has 2 heterocycles. The van der Waals surface area contributed by atoms with Gasteiger partial charge in [0.25, 0.3) is 0 Å². The first-order valence-electron chi connectivity index (χ1n) is 5.93. The van der Waals surface area contributed by atoms with Gasteiger partial charge in [0.1, 0.15) is 0 Å². The first-order chi connectivity index (χ1) is 9.08. The van der Waals surface area contributed by atoms with Crippen LogP contribution in [0.3, 0.4) is 0 Å². The number of fused-ring (bicyclic) bond motifs is 1. The van der Waals surface area contributed by atoms with E-state index in [-0.39, 0.29) is 11.9 Å². The van der Waals surface area contributed by atoms with Gasteiger partial charge >= 0.3 is 6.03 Å². The molecule has 0 unspecified atom stereocenters. The number of nitrogens with zero attached hydrogens (tertiary/aromatic N) is 2. The molecule has 5 nitrogen and oxygen atoms in total. The number of rotatable bonds is 1. The van der Waals surface area contributed by atoms with E-state index in [2.05, 4.69) is 21.2 Å². The number of hydrogen-bond donors (Lipinski definition) is 1. The Balaban J connectivity index is 2.15. The molecule has 0 radical (unpaired) electrons. The summed E-state index contributed by atoms with van der Waals surface area (Å²) in [6.45, 7) is 0.409. The number of amides is 3. The van der Waals surface area contributed by atoms with Gasteiger partial charge in [-0.05, 0) is 18.2 Å². The molecule has 1 aromatic heterocycles. The molecule has 6 heteroatoms. The fourth-order valence-corrected chi connectivity index (χ4v) is 2.83. The quantitative estimate of drug-likeness (QED) is 0.876. The minimum Gasteiger partial charge on any atom is -0.349 e. The average molecular weight is 322 g/mol. The van der Waals surface area contributed by atoms with E-state index in [1.54, 1.807) is 4.90 Å². The van der Waals surface area contributed by atoms with Crippen LogP contribution >= 0.6 is 15.9 Å². The van der Waals surface area contributed by atoms with Crippen LogP contribution < -0.4 is 10.2 Å². The molecule has 0 bridgehead atoms. The Morgan fingerprint density at radius 1 is 1.26 bits per heavy atom. The van der Waals surface area contributed by atoms with Gasteiger partial charge in [0.2, 0.25) is 5.91 Å². The van der Waals surface area contributed by atoms with E-state index in [1.165, 1.54) is 0 Å². The summed E-state index contributed by atoms with van der Waals surface area (Å²) >= 11 is 3.51. The van der Waals surface area contributed by atoms with E-state index < -0.39 is 0 Å². The van der Waals surface area contributed by atoms with E-state index in [1.807, 2.05) is 36.0 Å². The molecule has 98 valence electrons. The number of carbonyl (C=O) groups is 2. The van der Waals surface area contributed by atoms with Crippen LogP contribution in [0.2, 0.25) is 0 Å². The fraction of sp³-hybridized carbons (Fsp3) is 0.231. The molecule has 1 saturated heterocycles. The summed E-state index contributed by atoms with van der Waals surface area (Å²) < 4.78 is 2.96. The highest BCUT2D eigenvalue weighted by atomic mass is 79.9. The zero-order chi connectivity index (χ0) is 13.6. The molecule has 19 heavy (non-hydrogen) atoms. The van der Waals surface area contributed by atoms with Crippen LogP contribution in [0.1, 0.15) is 6.42 Å². The number of carbonyl (C=O) groups excluding carboxylic acids is 2. The topological polar surface area (TPSA) is 54.3 Å². The van der Waals surface area contributed by atoms with Crippen LogP contribution in [0.5, 0.6) is 0 Å². The molecule has 2 aromatic rings. The summed E-state index contributed by atoms with van der Waals surface area (Å²) in [7, 11) is 1.94. The summed E-state index contributed by atoms with van der Waals surface area (Å²) in [5, 5.41) is 3.39. The number of anilines is 1. The van der Waals surface area contributed by atoms with Crippen LogP contribution in [0, 0.1) is 0 Å². The van der Waals surface area contributed by atoms with Crippen molar-refractivity contribution in [3.63, 3.8) is 0 Å². The molecule has 1 aromatic carbocycles. The second-order valence-corrected chi connectivity index (χ2v) is 5.36. The number of nitrogens with one attached hydrogen (secondary N) is 1. The molecule has 1 aliphatic rings. The summed E-state index contributed by atoms with van der Waals surface area (Å²) in [5.74, 6) is -0.221. The van der Waals surface area contributed by atoms with Crippen LogP contribution in [0.25, 0.3) is 10.9 Å². The number of aromatic nitrogens is 1. The second-order valence-electron chi connectivity index (χ2n) is 4.51. The fourth-order valence-electron chi connectivity index (χ4n) is 2.37. The lowest BCUT2D eigenvalue weighted by Gasteiger charge is -2.27. The molecule has 1 fully saturated rings. The molecule has 3 rings (SSSR count). The van der Waals surface area contributed by atoms with E-state index in [9.17, 15) is 9.59 Å². The first-order valence-corrected chi connectivity index (χ1v) is 6.72. The van der Waals surface area contributed by atoms with Crippen molar-refractivity contribution >= 4 is 44.5 Å². The minimum absolute atomic E-state index is 0.221. The lowest BCUT2D eigenvalue weighted by Crippen LogP contribution is -2.49. The highest BCUT2D eigenvalue weighted by Gasteiger charge is 2.26. The third-order valence-electron chi connectivity index (χ3n) is 3.30. The normalized spacial score (nSPS) is 16.0. The predicted molar refractivity (Wildman–Crippen MR) is 76.1 cm³/mol. The van der Waals surface area contributed by atoms with Gasteiger partial charge in [0.15, 0.2) is 0 Å². The molecular weight excluding hydrogens is 310 g/mol. The van der Waals surface area contributed by atoms with E-state index >= 15 is 0 Å². The average Bonchev–Trinajstić information content (AvgIpc) is 2.75. The summed E-state index contributed by atoms with van der Waals surface area (Å²) in [5.41, 5.74) is 1.79. The van der Waals surface area contributed by atoms with Crippen molar-refractivity contribution in [2.24, 2.45) is 7.05 Å². The molecule has 1 N–H and O–H groups in total. The molecule has 0 saturated carbocycles. The number of halogens is 1. The Bertz CT molecular complexity index is 692. The third kappa shape index (κ3) is 1.92. The van der Waals surface area contributed by atoms with Crippen molar-refractivity contribution in [2.75, 3.05) is 11.4 Å². The third-order valence-corrected chi connectivity index (χ3v) is 4.00. The van der Waals surface area contributed by atoms with Crippen molar-refractivity contribution in [3.05, 3.63) is 28.9 Å². The number of aryl methyl sites for hydroxylation is 1. The van der Waals surface area contributed by atoms with Gasteiger partial charge < -0.3 is 4.57 Å². The van der Waals surface area contributed by atoms with Crippen LogP contribution in [-0.4, -0.2) is 23.1 Å². The largest absolute Gasteiger partial charge is 0.349 e. The summed E-state index contributed by atoms with van der Waals surface area (Å²) in [6.07, 6.45) is 2.28. The van der Waals surface area contributed by atoms with Gasteiger partial charge in [-0.15, -0.1) is 0 Å². The van der Waals surface area contributed by atoms with Crippen molar-refractivity contribution in [2.45, 2.75) is 6.42 Å². The maximum absolute atomic E-state index is 11.9. The van der Waals surface area contributed by atoms with E-state index in [4.69, 9.17) is 0 Å². The van der Waals surface area contributed by atoms with Crippen LogP contribution in [-0.2, 0) is 11.8 Å².